The molecule has 0 saturated heterocycles. The van der Waals surface area contributed by atoms with Crippen LogP contribution in [0.4, 0.5) is 0 Å². The Kier molecular flexibility index (Phi) is 8.87. The molecule has 3 aromatic rings. The van der Waals surface area contributed by atoms with Gasteiger partial charge in [0.2, 0.25) is 21.1 Å². The molecule has 0 saturated carbocycles. The lowest BCUT2D eigenvalue weighted by Crippen LogP contribution is -2.42. The van der Waals surface area contributed by atoms with Gasteiger partial charge in [0.05, 0.1) is 11.4 Å². The molecule has 2 N–H and O–H groups in total. The lowest BCUT2D eigenvalue weighted by Gasteiger charge is -2.24. The summed E-state index contributed by atoms with van der Waals surface area (Å²) < 4.78 is 28.6. The number of amides is 1. The molecule has 1 aromatic heterocycles. The summed E-state index contributed by atoms with van der Waals surface area (Å²) in [7, 11) is -3.87. The quantitative estimate of drug-likeness (QED) is 0.309. The van der Waals surface area contributed by atoms with Crippen molar-refractivity contribution in [2.45, 2.75) is 44.2 Å². The second-order valence-corrected chi connectivity index (χ2v) is 11.1. The number of carbonyl (C=O) groups excluding carboxylic acids is 1. The number of carbonyl (C=O) groups is 1. The average molecular weight is 502 g/mol. The van der Waals surface area contributed by atoms with E-state index in [-0.39, 0.29) is 23.9 Å². The van der Waals surface area contributed by atoms with Gasteiger partial charge in [-0.3, -0.25) is 9.89 Å². The number of hydrogen-bond acceptors (Lipinski definition) is 6. The summed E-state index contributed by atoms with van der Waals surface area (Å²) in [6.07, 6.45) is 0.511. The van der Waals surface area contributed by atoms with Crippen LogP contribution in [0, 0.1) is 27.7 Å². The van der Waals surface area contributed by atoms with Crippen molar-refractivity contribution in [1.29, 1.82) is 0 Å². The van der Waals surface area contributed by atoms with Crippen LogP contribution in [0.1, 0.15) is 28.1 Å². The molecule has 0 aliphatic rings. The monoisotopic (exact) mass is 501 g/mol. The van der Waals surface area contributed by atoms with Crippen LogP contribution in [0.2, 0.25) is 0 Å². The van der Waals surface area contributed by atoms with E-state index in [1.807, 2.05) is 56.3 Å². The first-order chi connectivity index (χ1) is 16.2. The third-order valence-electron chi connectivity index (χ3n) is 5.25. The molecule has 3 rings (SSSR count). The Hall–Kier alpha value is -2.69. The van der Waals surface area contributed by atoms with Gasteiger partial charge in [-0.2, -0.15) is 4.31 Å². The van der Waals surface area contributed by atoms with Crippen molar-refractivity contribution in [3.63, 3.8) is 0 Å². The molecule has 0 aliphatic carbocycles. The van der Waals surface area contributed by atoms with Gasteiger partial charge in [-0.1, -0.05) is 59.8 Å². The second-order valence-electron chi connectivity index (χ2n) is 8.20. The van der Waals surface area contributed by atoms with Gasteiger partial charge in [-0.25, -0.2) is 13.4 Å². The van der Waals surface area contributed by atoms with Crippen molar-refractivity contribution in [2.24, 2.45) is 0 Å². The first-order valence-corrected chi connectivity index (χ1v) is 13.5. The van der Waals surface area contributed by atoms with Crippen molar-refractivity contribution < 1.29 is 13.2 Å². The summed E-state index contributed by atoms with van der Waals surface area (Å²) in [6.45, 7) is 7.70. The van der Waals surface area contributed by atoms with E-state index in [0.29, 0.717) is 35.0 Å². The number of rotatable bonds is 11. The third-order valence-corrected chi connectivity index (χ3v) is 8.25. The molecule has 1 heterocycles. The van der Waals surface area contributed by atoms with Crippen molar-refractivity contribution in [1.82, 2.24) is 24.8 Å². The van der Waals surface area contributed by atoms with E-state index in [2.05, 4.69) is 20.5 Å². The van der Waals surface area contributed by atoms with Crippen LogP contribution in [-0.2, 0) is 21.2 Å². The van der Waals surface area contributed by atoms with Crippen LogP contribution >= 0.6 is 11.8 Å². The second kappa shape index (κ2) is 11.6. The molecule has 0 unspecified atom stereocenters. The molecule has 0 spiro atoms. The normalized spacial score (nSPS) is 11.7. The van der Waals surface area contributed by atoms with E-state index < -0.39 is 10.0 Å². The summed E-state index contributed by atoms with van der Waals surface area (Å²) in [4.78, 5) is 17.2. The summed E-state index contributed by atoms with van der Waals surface area (Å²) in [5.41, 5.74) is 3.38. The number of aromatic amines is 1. The van der Waals surface area contributed by atoms with Crippen LogP contribution in [0.3, 0.4) is 0 Å². The number of aromatic nitrogens is 3. The van der Waals surface area contributed by atoms with Crippen molar-refractivity contribution in [3.8, 4) is 0 Å². The predicted molar refractivity (Wildman–Crippen MR) is 134 cm³/mol. The number of benzene rings is 2. The number of nitrogens with zero attached hydrogens (tertiary/aromatic N) is 3. The standard InChI is InChI=1S/C24H31N5O3S2/c1-17-14-18(2)23(19(3)15-17)34(31,32)29(12-10-21-8-6-5-7-9-21)16-22(30)25-11-13-33-24-26-20(4)27-28-24/h5-9,14-15H,10-13,16H2,1-4H3,(H,25,30)(H,26,27,28). The minimum atomic E-state index is -3.87. The summed E-state index contributed by atoms with van der Waals surface area (Å²) >= 11 is 1.42. The van der Waals surface area contributed by atoms with Gasteiger partial charge < -0.3 is 5.32 Å². The molecule has 10 heteroatoms. The van der Waals surface area contributed by atoms with E-state index in [1.165, 1.54) is 16.1 Å². The Labute approximate surface area is 205 Å². The summed E-state index contributed by atoms with van der Waals surface area (Å²) in [5.74, 6) is 0.967. The predicted octanol–water partition coefficient (Wildman–Crippen LogP) is 3.18. The van der Waals surface area contributed by atoms with Crippen LogP contribution < -0.4 is 5.32 Å². The zero-order chi connectivity index (χ0) is 24.7. The fourth-order valence-corrected chi connectivity index (χ4v) is 6.33. The molecule has 2 aromatic carbocycles. The van der Waals surface area contributed by atoms with Crippen LogP contribution in [0.15, 0.2) is 52.5 Å². The number of aryl methyl sites for hydroxylation is 4. The van der Waals surface area contributed by atoms with Crippen molar-refractivity contribution >= 4 is 27.7 Å². The highest BCUT2D eigenvalue weighted by atomic mass is 32.2. The van der Waals surface area contributed by atoms with Crippen LogP contribution in [0.25, 0.3) is 0 Å². The van der Waals surface area contributed by atoms with Crippen molar-refractivity contribution in [2.75, 3.05) is 25.4 Å². The fraction of sp³-hybridized carbons (Fsp3) is 0.375. The molecule has 34 heavy (non-hydrogen) atoms. The first kappa shape index (κ1) is 25.9. The maximum absolute atomic E-state index is 13.7. The first-order valence-electron chi connectivity index (χ1n) is 11.1. The van der Waals surface area contributed by atoms with Gasteiger partial charge in [0, 0.05) is 18.8 Å². The van der Waals surface area contributed by atoms with Crippen LogP contribution in [0.5, 0.6) is 0 Å². The molecular formula is C24H31N5O3S2. The largest absolute Gasteiger partial charge is 0.354 e. The van der Waals surface area contributed by atoms with E-state index in [1.54, 1.807) is 13.8 Å². The summed E-state index contributed by atoms with van der Waals surface area (Å²) in [5, 5.41) is 10.3. The number of hydrogen-bond donors (Lipinski definition) is 2. The average Bonchev–Trinajstić information content (AvgIpc) is 3.19. The third kappa shape index (κ3) is 6.91. The van der Waals surface area contributed by atoms with E-state index in [9.17, 15) is 13.2 Å². The molecule has 0 bridgehead atoms. The molecule has 182 valence electrons. The zero-order valence-electron chi connectivity index (χ0n) is 20.0. The van der Waals surface area contributed by atoms with Gasteiger partial charge in [0.1, 0.15) is 5.82 Å². The number of sulfonamides is 1. The number of H-pyrrole nitrogens is 1. The Balaban J connectivity index is 1.71. The topological polar surface area (TPSA) is 108 Å². The molecule has 8 nitrogen and oxygen atoms in total. The van der Waals surface area contributed by atoms with E-state index >= 15 is 0 Å². The highest BCUT2D eigenvalue weighted by Crippen LogP contribution is 2.25. The molecule has 0 fully saturated rings. The van der Waals surface area contributed by atoms with E-state index in [0.717, 1.165) is 17.0 Å². The highest BCUT2D eigenvalue weighted by Gasteiger charge is 2.29. The maximum atomic E-state index is 13.7. The van der Waals surface area contributed by atoms with Gasteiger partial charge in [0.25, 0.3) is 0 Å². The number of nitrogens with one attached hydrogen (secondary N) is 2. The molecular weight excluding hydrogens is 470 g/mol. The Morgan fingerprint density at radius 1 is 1.09 bits per heavy atom. The maximum Gasteiger partial charge on any atom is 0.244 e. The lowest BCUT2D eigenvalue weighted by atomic mass is 10.1. The van der Waals surface area contributed by atoms with Gasteiger partial charge in [0.15, 0.2) is 0 Å². The molecule has 1 amide bonds. The Morgan fingerprint density at radius 2 is 1.76 bits per heavy atom. The smallest absolute Gasteiger partial charge is 0.244 e. The van der Waals surface area contributed by atoms with Crippen LogP contribution in [-0.4, -0.2) is 59.2 Å². The number of thioether (sulfide) groups is 1. The minimum Gasteiger partial charge on any atom is -0.354 e. The minimum absolute atomic E-state index is 0.206. The highest BCUT2D eigenvalue weighted by molar-refractivity contribution is 7.99. The fourth-order valence-electron chi connectivity index (χ4n) is 3.82. The van der Waals surface area contributed by atoms with Crippen molar-refractivity contribution in [3.05, 3.63) is 70.5 Å². The Morgan fingerprint density at radius 3 is 2.38 bits per heavy atom. The Bertz CT molecular complexity index is 1200. The van der Waals surface area contributed by atoms with Gasteiger partial charge in [-0.05, 0) is 50.8 Å². The zero-order valence-corrected chi connectivity index (χ0v) is 21.6. The lowest BCUT2D eigenvalue weighted by molar-refractivity contribution is -0.121. The molecule has 0 aliphatic heterocycles. The van der Waals surface area contributed by atoms with Gasteiger partial charge in [-0.15, -0.1) is 5.10 Å². The molecule has 0 atom stereocenters. The van der Waals surface area contributed by atoms with E-state index in [4.69, 9.17) is 0 Å². The van der Waals surface area contributed by atoms with Gasteiger partial charge >= 0.3 is 0 Å². The summed E-state index contributed by atoms with van der Waals surface area (Å²) in [6, 6.07) is 13.4. The molecule has 0 radical (unpaired) electrons. The SMILES string of the molecule is Cc1cc(C)c(S(=O)(=O)N(CCc2ccccc2)CC(=O)NCCSc2n[nH]c(C)n2)c(C)c1.